The van der Waals surface area contributed by atoms with E-state index in [0.29, 0.717) is 13.1 Å². The van der Waals surface area contributed by atoms with E-state index in [-0.39, 0.29) is 0 Å². The van der Waals surface area contributed by atoms with Crippen LogP contribution in [0.15, 0.2) is 99.9 Å². The van der Waals surface area contributed by atoms with E-state index in [4.69, 9.17) is 14.2 Å². The Morgan fingerprint density at radius 2 is 1.52 bits per heavy atom. The van der Waals surface area contributed by atoms with Crippen LogP contribution < -0.4 is 10.1 Å². The summed E-state index contributed by atoms with van der Waals surface area (Å²) in [4.78, 5) is 13.7. The van der Waals surface area contributed by atoms with Gasteiger partial charge in [0.2, 0.25) is 0 Å². The number of nitrogens with one attached hydrogen (secondary N) is 1. The molecule has 0 amide bonds. The van der Waals surface area contributed by atoms with Gasteiger partial charge in [0.05, 0.1) is 20.2 Å². The Hall–Kier alpha value is -3.33. The maximum absolute atomic E-state index is 13.7. The van der Waals surface area contributed by atoms with Gasteiger partial charge in [-0.2, -0.15) is 0 Å². The first-order chi connectivity index (χ1) is 19.3. The minimum absolute atomic E-state index is 0.377. The summed E-state index contributed by atoms with van der Waals surface area (Å²) in [7, 11) is 3.16. The van der Waals surface area contributed by atoms with E-state index >= 15 is 0 Å². The van der Waals surface area contributed by atoms with E-state index in [1.54, 1.807) is 14.0 Å². The summed E-state index contributed by atoms with van der Waals surface area (Å²) in [5.41, 5.74) is 2.45. The number of methoxy groups -OCH3 is 2. The van der Waals surface area contributed by atoms with Crippen molar-refractivity contribution < 1.29 is 19.0 Å². The van der Waals surface area contributed by atoms with Crippen LogP contribution in [0.3, 0.4) is 0 Å². The maximum Gasteiger partial charge on any atom is 0.343 e. The van der Waals surface area contributed by atoms with Crippen molar-refractivity contribution in [1.29, 1.82) is 0 Å². The molecule has 4 aromatic carbocycles. The molecule has 2 atom stereocenters. The van der Waals surface area contributed by atoms with Gasteiger partial charge < -0.3 is 24.1 Å². The number of hydrogen-bond donors (Lipinski definition) is 1. The number of carbonyl (C=O) groups excluding carboxylic acids is 1. The van der Waals surface area contributed by atoms with Crippen molar-refractivity contribution in [3.63, 3.8) is 0 Å². The Morgan fingerprint density at radius 1 is 0.875 bits per heavy atom. The van der Waals surface area contributed by atoms with Gasteiger partial charge in [0.15, 0.2) is 5.60 Å². The average molecular weight is 666 g/mol. The predicted molar refractivity (Wildman–Crippen MR) is 167 cm³/mol. The largest absolute Gasteiger partial charge is 0.497 e. The molecule has 1 aromatic heterocycles. The summed E-state index contributed by atoms with van der Waals surface area (Å²) in [5, 5.41) is 5.66. The second-order valence-electron chi connectivity index (χ2n) is 9.68. The summed E-state index contributed by atoms with van der Waals surface area (Å²) < 4.78 is 21.6. The van der Waals surface area contributed by atoms with Crippen LogP contribution in [-0.2, 0) is 26.4 Å². The van der Waals surface area contributed by atoms with Gasteiger partial charge in [0.25, 0.3) is 0 Å². The highest BCUT2D eigenvalue weighted by molar-refractivity contribution is 9.10. The van der Waals surface area contributed by atoms with Crippen LogP contribution in [0.1, 0.15) is 12.5 Å². The first kappa shape index (κ1) is 28.2. The Kier molecular flexibility index (Phi) is 8.49. The van der Waals surface area contributed by atoms with Crippen LogP contribution >= 0.6 is 31.9 Å². The molecule has 0 saturated carbocycles. The van der Waals surface area contributed by atoms with Crippen molar-refractivity contribution in [2.24, 2.45) is 0 Å². The number of benzene rings is 4. The number of rotatable bonds is 10. The number of esters is 1. The highest BCUT2D eigenvalue weighted by atomic mass is 79.9. The monoisotopic (exact) mass is 664 g/mol. The standard InChI is InChI=1S/C32H30Br2N2O4/c1-32(39-3,21-8-5-4-6-9-21)31(37)40-26(19-35-24-10-7-11-25(18-24)38-2)20-36-29-14-12-22(33)16-27(29)28-17-23(34)13-15-30(28)36/h4-18,26,35H,19-20H2,1-3H3. The van der Waals surface area contributed by atoms with Gasteiger partial charge in [-0.05, 0) is 61.0 Å². The first-order valence-electron chi connectivity index (χ1n) is 12.9. The lowest BCUT2D eigenvalue weighted by molar-refractivity contribution is -0.174. The van der Waals surface area contributed by atoms with Crippen molar-refractivity contribution in [3.05, 3.63) is 106 Å². The van der Waals surface area contributed by atoms with Crippen LogP contribution in [-0.4, -0.2) is 37.4 Å². The molecule has 0 spiro atoms. The van der Waals surface area contributed by atoms with Gasteiger partial charge >= 0.3 is 5.97 Å². The van der Waals surface area contributed by atoms with Crippen molar-refractivity contribution in [2.75, 3.05) is 26.1 Å². The summed E-state index contributed by atoms with van der Waals surface area (Å²) in [6, 6.07) is 29.6. The predicted octanol–water partition coefficient (Wildman–Crippen LogP) is 7.91. The van der Waals surface area contributed by atoms with Crippen molar-refractivity contribution in [3.8, 4) is 5.75 Å². The molecule has 0 fully saturated rings. The molecule has 6 nitrogen and oxygen atoms in total. The van der Waals surface area contributed by atoms with Crippen molar-refractivity contribution in [2.45, 2.75) is 25.2 Å². The quantitative estimate of drug-likeness (QED) is 0.154. The van der Waals surface area contributed by atoms with Crippen LogP contribution in [0, 0.1) is 0 Å². The molecule has 0 bridgehead atoms. The van der Waals surface area contributed by atoms with Gasteiger partial charge in [-0.1, -0.05) is 68.3 Å². The zero-order chi connectivity index (χ0) is 28.3. The molecule has 0 aliphatic carbocycles. The van der Waals surface area contributed by atoms with Crippen molar-refractivity contribution in [1.82, 2.24) is 4.57 Å². The molecule has 0 aliphatic rings. The lowest BCUT2D eigenvalue weighted by Crippen LogP contribution is -2.41. The number of anilines is 1. The smallest absolute Gasteiger partial charge is 0.343 e. The molecule has 1 N–H and O–H groups in total. The van der Waals surface area contributed by atoms with Crippen LogP contribution in [0.2, 0.25) is 0 Å². The maximum atomic E-state index is 13.7. The van der Waals surface area contributed by atoms with Crippen LogP contribution in [0.25, 0.3) is 21.8 Å². The molecular formula is C32H30Br2N2O4. The summed E-state index contributed by atoms with van der Waals surface area (Å²) in [5.74, 6) is 0.290. The normalized spacial score (nSPS) is 13.6. The molecule has 8 heteroatoms. The minimum atomic E-state index is -1.26. The Labute approximate surface area is 250 Å². The number of ether oxygens (including phenoxy) is 3. The molecular weight excluding hydrogens is 636 g/mol. The van der Waals surface area contributed by atoms with E-state index in [9.17, 15) is 4.79 Å². The topological polar surface area (TPSA) is 61.7 Å². The number of aromatic nitrogens is 1. The minimum Gasteiger partial charge on any atom is -0.497 e. The fourth-order valence-corrected chi connectivity index (χ4v) is 5.62. The second kappa shape index (κ2) is 12.0. The van der Waals surface area contributed by atoms with Gasteiger partial charge in [-0.25, -0.2) is 4.79 Å². The number of hydrogen-bond acceptors (Lipinski definition) is 5. The average Bonchev–Trinajstić information content (AvgIpc) is 3.27. The Balaban J connectivity index is 1.52. The van der Waals surface area contributed by atoms with Gasteiger partial charge in [-0.3, -0.25) is 0 Å². The Bertz CT molecular complexity index is 1590. The van der Waals surface area contributed by atoms with Crippen LogP contribution in [0.4, 0.5) is 5.69 Å². The zero-order valence-corrected chi connectivity index (χ0v) is 25.7. The lowest BCUT2D eigenvalue weighted by atomic mass is 9.96. The zero-order valence-electron chi connectivity index (χ0n) is 22.5. The fraction of sp³-hybridized carbons (Fsp3) is 0.219. The third-order valence-electron chi connectivity index (χ3n) is 7.17. The fourth-order valence-electron chi connectivity index (χ4n) is 4.90. The number of fused-ring (bicyclic) bond motifs is 3. The molecule has 2 unspecified atom stereocenters. The van der Waals surface area contributed by atoms with Gasteiger partial charge in [0.1, 0.15) is 11.9 Å². The molecule has 0 saturated heterocycles. The molecule has 5 rings (SSSR count). The lowest BCUT2D eigenvalue weighted by Gasteiger charge is -2.29. The molecule has 0 radical (unpaired) electrons. The number of nitrogens with zero attached hydrogens (tertiary/aromatic N) is 1. The van der Waals surface area contributed by atoms with E-state index in [2.05, 4.69) is 66.0 Å². The van der Waals surface area contributed by atoms with Crippen LogP contribution in [0.5, 0.6) is 5.75 Å². The van der Waals surface area contributed by atoms with Gasteiger partial charge in [-0.15, -0.1) is 0 Å². The highest BCUT2D eigenvalue weighted by Gasteiger charge is 2.38. The summed E-state index contributed by atoms with van der Waals surface area (Å²) >= 11 is 7.24. The highest BCUT2D eigenvalue weighted by Crippen LogP contribution is 2.34. The number of halogens is 2. The molecule has 5 aromatic rings. The molecule has 1 heterocycles. The molecule has 0 aliphatic heterocycles. The van der Waals surface area contributed by atoms with Crippen molar-refractivity contribution >= 4 is 65.3 Å². The summed E-state index contributed by atoms with van der Waals surface area (Å²) in [6.07, 6.45) is -0.525. The van der Waals surface area contributed by atoms with E-state index in [1.165, 1.54) is 7.11 Å². The first-order valence-corrected chi connectivity index (χ1v) is 14.5. The number of carbonyl (C=O) groups is 1. The van der Waals surface area contributed by atoms with Gasteiger partial charge in [0, 0.05) is 49.6 Å². The third-order valence-corrected chi connectivity index (χ3v) is 8.16. The third kappa shape index (κ3) is 5.75. The van der Waals surface area contributed by atoms with E-state index < -0.39 is 17.7 Å². The molecule has 206 valence electrons. The Morgan fingerprint density at radius 3 is 2.12 bits per heavy atom. The summed E-state index contributed by atoms with van der Waals surface area (Å²) in [6.45, 7) is 2.55. The van der Waals surface area contributed by atoms with E-state index in [1.807, 2.05) is 66.7 Å². The SMILES string of the molecule is COc1cccc(NCC(Cn2c3ccc(Br)cc3c3cc(Br)ccc32)OC(=O)C(C)(OC)c2ccccc2)c1. The molecule has 40 heavy (non-hydrogen) atoms. The second-order valence-corrected chi connectivity index (χ2v) is 11.5. The van der Waals surface area contributed by atoms with E-state index in [0.717, 1.165) is 47.8 Å².